The first-order valence-corrected chi connectivity index (χ1v) is 8.34. The molecule has 0 saturated carbocycles. The molecular weight excluding hydrogens is 318 g/mol. The highest BCUT2D eigenvalue weighted by atomic mass is 35.5. The molecule has 2 aliphatic heterocycles. The Bertz CT molecular complexity index is 623. The van der Waals surface area contributed by atoms with Crippen LogP contribution in [0.25, 0.3) is 0 Å². The summed E-state index contributed by atoms with van der Waals surface area (Å²) in [5.41, 5.74) is 0.0896. The van der Waals surface area contributed by atoms with Gasteiger partial charge in [-0.3, -0.25) is 9.59 Å². The summed E-state index contributed by atoms with van der Waals surface area (Å²) in [5, 5.41) is 0. The minimum atomic E-state index is -0.490. The van der Waals surface area contributed by atoms with E-state index in [1.165, 1.54) is 0 Å². The third kappa shape index (κ3) is 3.15. The van der Waals surface area contributed by atoms with Crippen LogP contribution < -0.4 is 9.47 Å². The van der Waals surface area contributed by atoms with Gasteiger partial charge < -0.3 is 14.4 Å². The Morgan fingerprint density at radius 2 is 2.13 bits per heavy atom. The summed E-state index contributed by atoms with van der Waals surface area (Å²) < 4.78 is 11.3. The van der Waals surface area contributed by atoms with Gasteiger partial charge in [-0.25, -0.2) is 0 Å². The molecule has 124 valence electrons. The standard InChI is InChI=1S/C17H20ClNO4/c1-22-12-2-3-15-13(10-12)14(20)11-17(23-15)5-8-19(9-6-17)16(21)4-7-18/h2-3,10H,4-9,11H2,1H3. The Balaban J connectivity index is 1.73. The summed E-state index contributed by atoms with van der Waals surface area (Å²) in [5.74, 6) is 1.75. The molecule has 0 atom stereocenters. The van der Waals surface area contributed by atoms with E-state index in [2.05, 4.69) is 0 Å². The number of likely N-dealkylation sites (tertiary alicyclic amines) is 1. The second kappa shape index (κ2) is 6.40. The number of fused-ring (bicyclic) bond motifs is 1. The zero-order valence-corrected chi connectivity index (χ0v) is 13.9. The molecule has 1 spiro atoms. The van der Waals surface area contributed by atoms with Crippen molar-refractivity contribution in [1.82, 2.24) is 4.90 Å². The summed E-state index contributed by atoms with van der Waals surface area (Å²) in [7, 11) is 1.57. The number of alkyl halides is 1. The first-order chi connectivity index (χ1) is 11.1. The molecule has 23 heavy (non-hydrogen) atoms. The lowest BCUT2D eigenvalue weighted by molar-refractivity contribution is -0.134. The van der Waals surface area contributed by atoms with Crippen LogP contribution in [0.3, 0.4) is 0 Å². The monoisotopic (exact) mass is 337 g/mol. The van der Waals surface area contributed by atoms with Crippen molar-refractivity contribution >= 4 is 23.3 Å². The first kappa shape index (κ1) is 16.1. The van der Waals surface area contributed by atoms with Gasteiger partial charge >= 0.3 is 0 Å². The van der Waals surface area contributed by atoms with Gasteiger partial charge in [0, 0.05) is 38.2 Å². The van der Waals surface area contributed by atoms with E-state index >= 15 is 0 Å². The number of carbonyl (C=O) groups is 2. The van der Waals surface area contributed by atoms with Crippen LogP contribution in [-0.4, -0.2) is 48.3 Å². The van der Waals surface area contributed by atoms with E-state index in [1.807, 2.05) is 4.90 Å². The lowest BCUT2D eigenvalue weighted by atomic mass is 9.82. The zero-order chi connectivity index (χ0) is 16.4. The van der Waals surface area contributed by atoms with Crippen molar-refractivity contribution in [3.63, 3.8) is 0 Å². The molecule has 0 aliphatic carbocycles. The van der Waals surface area contributed by atoms with Crippen molar-refractivity contribution in [2.45, 2.75) is 31.3 Å². The maximum atomic E-state index is 12.5. The Labute approximate surface area is 140 Å². The summed E-state index contributed by atoms with van der Waals surface area (Å²) in [6, 6.07) is 5.31. The van der Waals surface area contributed by atoms with Gasteiger partial charge in [-0.1, -0.05) is 0 Å². The number of nitrogens with zero attached hydrogens (tertiary/aromatic N) is 1. The Hall–Kier alpha value is -1.75. The summed E-state index contributed by atoms with van der Waals surface area (Å²) >= 11 is 5.63. The van der Waals surface area contributed by atoms with Crippen molar-refractivity contribution in [3.05, 3.63) is 23.8 Å². The number of ether oxygens (including phenoxy) is 2. The van der Waals surface area contributed by atoms with Gasteiger partial charge in [0.1, 0.15) is 17.1 Å². The Morgan fingerprint density at radius 1 is 1.39 bits per heavy atom. The number of ketones is 1. The molecule has 0 radical (unpaired) electrons. The number of amides is 1. The van der Waals surface area contributed by atoms with E-state index in [4.69, 9.17) is 21.1 Å². The van der Waals surface area contributed by atoms with Crippen LogP contribution in [0.5, 0.6) is 11.5 Å². The van der Waals surface area contributed by atoms with Crippen LogP contribution in [0.2, 0.25) is 0 Å². The van der Waals surface area contributed by atoms with Crippen molar-refractivity contribution in [1.29, 1.82) is 0 Å². The van der Waals surface area contributed by atoms with Gasteiger partial charge in [0.2, 0.25) is 5.91 Å². The molecule has 6 heteroatoms. The third-order valence-corrected chi connectivity index (χ3v) is 4.82. The largest absolute Gasteiger partial charge is 0.497 e. The van der Waals surface area contributed by atoms with Crippen LogP contribution in [0.4, 0.5) is 0 Å². The second-order valence-electron chi connectivity index (χ2n) is 6.07. The number of methoxy groups -OCH3 is 1. The van der Waals surface area contributed by atoms with Gasteiger partial charge in [0.25, 0.3) is 0 Å². The molecule has 0 unspecified atom stereocenters. The molecule has 0 aromatic heterocycles. The molecule has 0 bridgehead atoms. The average molecular weight is 338 g/mol. The number of halogens is 1. The smallest absolute Gasteiger partial charge is 0.223 e. The molecule has 1 aromatic rings. The SMILES string of the molecule is COc1ccc2c(c1)C(=O)CC1(CCN(C(=O)CCCl)CC1)O2. The van der Waals surface area contributed by atoms with Crippen LogP contribution >= 0.6 is 11.6 Å². The fraction of sp³-hybridized carbons (Fsp3) is 0.529. The Kier molecular flexibility index (Phi) is 4.48. The number of Topliss-reactive ketones (excluding diaryl/α,β-unsaturated/α-hetero) is 1. The predicted octanol–water partition coefficient (Wildman–Crippen LogP) is 2.65. The van der Waals surface area contributed by atoms with E-state index in [0.717, 1.165) is 0 Å². The van der Waals surface area contributed by atoms with E-state index in [1.54, 1.807) is 25.3 Å². The van der Waals surface area contributed by atoms with Gasteiger partial charge in [0.05, 0.1) is 19.1 Å². The number of carbonyl (C=O) groups excluding carboxylic acids is 2. The second-order valence-corrected chi connectivity index (χ2v) is 6.44. The van der Waals surface area contributed by atoms with E-state index in [-0.39, 0.29) is 11.7 Å². The minimum Gasteiger partial charge on any atom is -0.497 e. The van der Waals surface area contributed by atoms with Gasteiger partial charge in [-0.05, 0) is 18.2 Å². The van der Waals surface area contributed by atoms with Crippen molar-refractivity contribution in [2.24, 2.45) is 0 Å². The van der Waals surface area contributed by atoms with E-state index < -0.39 is 5.60 Å². The molecule has 2 heterocycles. The number of hydrogen-bond donors (Lipinski definition) is 0. The first-order valence-electron chi connectivity index (χ1n) is 7.81. The maximum Gasteiger partial charge on any atom is 0.223 e. The predicted molar refractivity (Wildman–Crippen MR) is 86.5 cm³/mol. The normalized spacial score (nSPS) is 19.2. The number of rotatable bonds is 3. The lowest BCUT2D eigenvalue weighted by Gasteiger charge is -2.44. The van der Waals surface area contributed by atoms with Crippen LogP contribution in [-0.2, 0) is 4.79 Å². The van der Waals surface area contributed by atoms with Crippen molar-refractivity contribution in [3.8, 4) is 11.5 Å². The fourth-order valence-electron chi connectivity index (χ4n) is 3.28. The molecule has 1 fully saturated rings. The molecular formula is C17H20ClNO4. The van der Waals surface area contributed by atoms with Crippen LogP contribution in [0.1, 0.15) is 36.0 Å². The Morgan fingerprint density at radius 3 is 2.78 bits per heavy atom. The van der Waals surface area contributed by atoms with Gasteiger partial charge in [0.15, 0.2) is 5.78 Å². The average Bonchev–Trinajstić information content (AvgIpc) is 2.55. The molecule has 1 saturated heterocycles. The molecule has 3 rings (SSSR count). The minimum absolute atomic E-state index is 0.0714. The fourth-order valence-corrected chi connectivity index (χ4v) is 3.44. The number of hydrogen-bond acceptors (Lipinski definition) is 4. The molecule has 0 N–H and O–H groups in total. The molecule has 1 aromatic carbocycles. The van der Waals surface area contributed by atoms with E-state index in [0.29, 0.717) is 61.7 Å². The number of benzene rings is 1. The van der Waals surface area contributed by atoms with Gasteiger partial charge in [-0.2, -0.15) is 0 Å². The van der Waals surface area contributed by atoms with Crippen molar-refractivity contribution < 1.29 is 19.1 Å². The summed E-state index contributed by atoms with van der Waals surface area (Å²) in [6.45, 7) is 1.21. The zero-order valence-electron chi connectivity index (χ0n) is 13.1. The molecule has 2 aliphatic rings. The molecule has 5 nitrogen and oxygen atoms in total. The van der Waals surface area contributed by atoms with E-state index in [9.17, 15) is 9.59 Å². The van der Waals surface area contributed by atoms with Crippen molar-refractivity contribution in [2.75, 3.05) is 26.1 Å². The highest BCUT2D eigenvalue weighted by Crippen LogP contribution is 2.40. The number of piperidine rings is 1. The third-order valence-electron chi connectivity index (χ3n) is 4.63. The highest BCUT2D eigenvalue weighted by molar-refractivity contribution is 6.18. The molecule has 1 amide bonds. The summed E-state index contributed by atoms with van der Waals surface area (Å²) in [6.07, 6.45) is 2.04. The van der Waals surface area contributed by atoms with Crippen LogP contribution in [0.15, 0.2) is 18.2 Å². The van der Waals surface area contributed by atoms with Gasteiger partial charge in [-0.15, -0.1) is 11.6 Å². The quantitative estimate of drug-likeness (QED) is 0.796. The topological polar surface area (TPSA) is 55.8 Å². The highest BCUT2D eigenvalue weighted by Gasteiger charge is 2.43. The lowest BCUT2D eigenvalue weighted by Crippen LogP contribution is -2.52. The summed E-state index contributed by atoms with van der Waals surface area (Å²) in [4.78, 5) is 26.2. The van der Waals surface area contributed by atoms with Crippen LogP contribution in [0, 0.1) is 0 Å². The maximum absolute atomic E-state index is 12.5.